The molecule has 13 rings (SSSR count). The molecule has 5 aliphatic rings. The van der Waals surface area contributed by atoms with Crippen LogP contribution in [0.15, 0.2) is 175 Å². The van der Waals surface area contributed by atoms with Crippen molar-refractivity contribution >= 4 is 54.2 Å². The molecule has 8 aromatic rings. The molecule has 3 unspecified atom stereocenters. The zero-order valence-electron chi connectivity index (χ0n) is 35.0. The normalized spacial score (nSPS) is 19.9. The fourth-order valence-corrected chi connectivity index (χ4v) is 12.2. The molecule has 0 fully saturated rings. The first kappa shape index (κ1) is 34.4. The lowest BCUT2D eigenvalue weighted by Gasteiger charge is -2.35. The number of hydrogen-bond donors (Lipinski definition) is 0. The summed E-state index contributed by atoms with van der Waals surface area (Å²) in [5.41, 5.74) is 22.3. The molecular formula is C60H46. The second-order valence-corrected chi connectivity index (χ2v) is 19.2. The lowest BCUT2D eigenvalue weighted by atomic mass is 9.68. The summed E-state index contributed by atoms with van der Waals surface area (Å²) in [5.74, 6) is 1.06. The van der Waals surface area contributed by atoms with Gasteiger partial charge in [0, 0.05) is 11.8 Å². The molecular weight excluding hydrogens is 721 g/mol. The van der Waals surface area contributed by atoms with Gasteiger partial charge in [-0.05, 0) is 175 Å². The standard InChI is InChI=1S/C60H46/c1-33-14-12-15-34(2)51(33)42-26-27-45-56-41(42)20-13-21-44(56)58-53(35-16-8-6-9-17-35)50-32-47-46(31-49(50)54(59(45)58)36-18-10-7-11-19-36)43-25-24-37-22-23-38-28-40(60(3,4)5)29-39-30-48(47)57(43)55(37)52(38)39/h6-14,16-32,34,41,56H,15H2,1-5H3. The zero-order valence-corrected chi connectivity index (χ0v) is 35.0. The fraction of sp³-hybridized carbons (Fsp3) is 0.167. The van der Waals surface area contributed by atoms with Crippen molar-refractivity contribution in [3.05, 3.63) is 191 Å². The molecule has 0 amide bonds. The van der Waals surface area contributed by atoms with E-state index in [0.717, 1.165) is 6.42 Å². The first-order chi connectivity index (χ1) is 29.2. The summed E-state index contributed by atoms with van der Waals surface area (Å²) in [7, 11) is 0. The van der Waals surface area contributed by atoms with Crippen molar-refractivity contribution in [2.75, 3.05) is 0 Å². The Bertz CT molecular complexity index is 3420. The predicted molar refractivity (Wildman–Crippen MR) is 257 cm³/mol. The van der Waals surface area contributed by atoms with Crippen LogP contribution in [-0.2, 0) is 5.41 Å². The van der Waals surface area contributed by atoms with Gasteiger partial charge in [-0.15, -0.1) is 0 Å². The molecule has 5 aliphatic carbocycles. The minimum atomic E-state index is 0.0508. The average molecular weight is 767 g/mol. The highest BCUT2D eigenvalue weighted by atomic mass is 14.5. The first-order valence-electron chi connectivity index (χ1n) is 22.0. The number of rotatable bonds is 3. The van der Waals surface area contributed by atoms with E-state index in [2.05, 4.69) is 192 Å². The van der Waals surface area contributed by atoms with E-state index in [1.54, 1.807) is 0 Å². The molecule has 0 aromatic heterocycles. The van der Waals surface area contributed by atoms with Crippen molar-refractivity contribution < 1.29 is 0 Å². The second kappa shape index (κ2) is 12.0. The Hall–Kier alpha value is -6.50. The SMILES string of the molecule is CC1=C(C2=CC=C3c4c(c(-c5ccccc5)c5cc6c(cc5c4-c4ccccc4)-c4ccc5ccc7cc(C(C)(C)C)cc8cc-6c4c5c78)C4=CC=CC2C34)C(C)CC=C1. The summed E-state index contributed by atoms with van der Waals surface area (Å²) in [6.07, 6.45) is 18.1. The van der Waals surface area contributed by atoms with E-state index >= 15 is 0 Å². The van der Waals surface area contributed by atoms with Crippen molar-refractivity contribution in [2.24, 2.45) is 17.8 Å². The highest BCUT2D eigenvalue weighted by Gasteiger charge is 2.45. The minimum Gasteiger partial charge on any atom is -0.0837 e. The third-order valence-electron chi connectivity index (χ3n) is 14.8. The first-order valence-corrected chi connectivity index (χ1v) is 22.0. The van der Waals surface area contributed by atoms with Gasteiger partial charge in [0.15, 0.2) is 0 Å². The molecule has 0 N–H and O–H groups in total. The maximum Gasteiger partial charge on any atom is 0.0206 e. The van der Waals surface area contributed by atoms with Crippen LogP contribution in [0.1, 0.15) is 57.7 Å². The van der Waals surface area contributed by atoms with Crippen LogP contribution < -0.4 is 0 Å². The van der Waals surface area contributed by atoms with Crippen LogP contribution in [0.4, 0.5) is 0 Å². The molecule has 0 heterocycles. The van der Waals surface area contributed by atoms with Crippen molar-refractivity contribution in [3.63, 3.8) is 0 Å². The van der Waals surface area contributed by atoms with Crippen molar-refractivity contribution in [1.29, 1.82) is 0 Å². The summed E-state index contributed by atoms with van der Waals surface area (Å²) in [6, 6.07) is 44.6. The van der Waals surface area contributed by atoms with Gasteiger partial charge in [-0.25, -0.2) is 0 Å². The highest BCUT2D eigenvalue weighted by Crippen LogP contribution is 2.63. The van der Waals surface area contributed by atoms with Gasteiger partial charge in [0.05, 0.1) is 0 Å². The van der Waals surface area contributed by atoms with Gasteiger partial charge >= 0.3 is 0 Å². The lowest BCUT2D eigenvalue weighted by molar-refractivity contribution is 0.591. The lowest BCUT2D eigenvalue weighted by Crippen LogP contribution is -2.23. The van der Waals surface area contributed by atoms with E-state index in [4.69, 9.17) is 0 Å². The maximum atomic E-state index is 2.59. The topological polar surface area (TPSA) is 0 Å². The molecule has 0 radical (unpaired) electrons. The third kappa shape index (κ3) is 4.52. The predicted octanol–water partition coefficient (Wildman–Crippen LogP) is 16.5. The zero-order chi connectivity index (χ0) is 40.2. The second-order valence-electron chi connectivity index (χ2n) is 19.2. The molecule has 0 aliphatic heterocycles. The monoisotopic (exact) mass is 766 g/mol. The van der Waals surface area contributed by atoms with E-state index in [-0.39, 0.29) is 11.3 Å². The van der Waals surface area contributed by atoms with Crippen LogP contribution in [0.2, 0.25) is 0 Å². The Morgan fingerprint density at radius 3 is 1.83 bits per heavy atom. The molecule has 8 aromatic carbocycles. The Kier molecular flexibility index (Phi) is 6.90. The van der Waals surface area contributed by atoms with Crippen LogP contribution in [-0.4, -0.2) is 0 Å². The molecule has 286 valence electrons. The number of hydrogen-bond acceptors (Lipinski definition) is 0. The molecule has 0 heteroatoms. The molecule has 0 nitrogen and oxygen atoms in total. The van der Waals surface area contributed by atoms with E-state index in [1.807, 2.05) is 0 Å². The van der Waals surface area contributed by atoms with Gasteiger partial charge in [0.1, 0.15) is 0 Å². The number of fused-ring (bicyclic) bond motifs is 7. The van der Waals surface area contributed by atoms with Gasteiger partial charge in [-0.3, -0.25) is 0 Å². The Morgan fingerprint density at radius 1 is 0.533 bits per heavy atom. The van der Waals surface area contributed by atoms with Gasteiger partial charge in [0.2, 0.25) is 0 Å². The summed E-state index contributed by atoms with van der Waals surface area (Å²) in [4.78, 5) is 0. The highest BCUT2D eigenvalue weighted by molar-refractivity contribution is 6.33. The van der Waals surface area contributed by atoms with Crippen LogP contribution in [0.25, 0.3) is 98.7 Å². The van der Waals surface area contributed by atoms with Crippen LogP contribution >= 0.6 is 0 Å². The Labute approximate surface area is 352 Å². The van der Waals surface area contributed by atoms with Crippen molar-refractivity contribution in [2.45, 2.75) is 46.5 Å². The number of benzene rings is 8. The third-order valence-corrected chi connectivity index (χ3v) is 14.8. The largest absolute Gasteiger partial charge is 0.0837 e. The summed E-state index contributed by atoms with van der Waals surface area (Å²) < 4.78 is 0. The van der Waals surface area contributed by atoms with Gasteiger partial charge < -0.3 is 0 Å². The van der Waals surface area contributed by atoms with E-state index in [1.165, 1.54) is 132 Å². The van der Waals surface area contributed by atoms with Gasteiger partial charge in [-0.1, -0.05) is 167 Å². The summed E-state index contributed by atoms with van der Waals surface area (Å²) in [6.45, 7) is 11.7. The van der Waals surface area contributed by atoms with Gasteiger partial charge in [0.25, 0.3) is 0 Å². The fourth-order valence-electron chi connectivity index (χ4n) is 12.2. The Balaban J connectivity index is 1.17. The molecule has 0 bridgehead atoms. The van der Waals surface area contributed by atoms with E-state index < -0.39 is 0 Å². The quantitative estimate of drug-likeness (QED) is 0.157. The van der Waals surface area contributed by atoms with Gasteiger partial charge in [-0.2, -0.15) is 0 Å². The Morgan fingerprint density at radius 2 is 1.15 bits per heavy atom. The average Bonchev–Trinajstić information content (AvgIpc) is 3.75. The summed E-state index contributed by atoms with van der Waals surface area (Å²) in [5, 5.41) is 10.9. The molecule has 3 atom stereocenters. The van der Waals surface area contributed by atoms with E-state index in [0.29, 0.717) is 11.8 Å². The van der Waals surface area contributed by atoms with Crippen LogP contribution in [0.3, 0.4) is 0 Å². The molecule has 0 saturated heterocycles. The smallest absolute Gasteiger partial charge is 0.0206 e. The van der Waals surface area contributed by atoms with Crippen LogP contribution in [0, 0.1) is 17.8 Å². The summed E-state index contributed by atoms with van der Waals surface area (Å²) >= 11 is 0. The maximum absolute atomic E-state index is 2.59. The molecule has 60 heavy (non-hydrogen) atoms. The van der Waals surface area contributed by atoms with Crippen molar-refractivity contribution in [1.82, 2.24) is 0 Å². The molecule has 0 spiro atoms. The van der Waals surface area contributed by atoms with E-state index in [9.17, 15) is 0 Å². The minimum absolute atomic E-state index is 0.0508. The van der Waals surface area contributed by atoms with Crippen LogP contribution in [0.5, 0.6) is 0 Å². The molecule has 0 saturated carbocycles. The van der Waals surface area contributed by atoms with Crippen molar-refractivity contribution in [3.8, 4) is 44.5 Å². The number of allylic oxidation sites excluding steroid dienone is 12.